The number of methoxy groups -OCH3 is 2. The van der Waals surface area contributed by atoms with Gasteiger partial charge < -0.3 is 24.4 Å². The minimum atomic E-state index is -0.676. The van der Waals surface area contributed by atoms with E-state index >= 15 is 0 Å². The molecular weight excluding hydrogens is 646 g/mol. The van der Waals surface area contributed by atoms with Gasteiger partial charge in [0.15, 0.2) is 18.1 Å². The van der Waals surface area contributed by atoms with Gasteiger partial charge in [0, 0.05) is 29.6 Å². The lowest BCUT2D eigenvalue weighted by atomic mass is 9.95. The highest BCUT2D eigenvalue weighted by atomic mass is 79.9. The zero-order valence-corrected chi connectivity index (χ0v) is 26.6. The summed E-state index contributed by atoms with van der Waals surface area (Å²) >= 11 is 11.4. The van der Waals surface area contributed by atoms with E-state index in [0.717, 1.165) is 37.9 Å². The van der Waals surface area contributed by atoms with Gasteiger partial charge in [-0.25, -0.2) is 9.48 Å². The summed E-state index contributed by atoms with van der Waals surface area (Å²) in [4.78, 5) is 32.3. The van der Waals surface area contributed by atoms with Crippen molar-refractivity contribution in [3.8, 4) is 11.5 Å². The zero-order valence-electron chi connectivity index (χ0n) is 23.5. The second-order valence-corrected chi connectivity index (χ2v) is 12.1. The first-order valence-electron chi connectivity index (χ1n) is 13.5. The standard InChI is InChI=1S/C29H31BrClN5O5S/c1-17-24(27(38)40-3)25(36-28(32-17)33-29(34-36)42-16-18-9-5-6-10-21(18)31)19-13-20(30)26(22(14-19)39-2)41-15-23(37)35-11-7-4-8-12-35/h5-6,9-10,13-14,25H,4,7-8,11-12,15-16H2,1-3H3,(H,32,33,34). The number of nitrogens with zero attached hydrogens (tertiary/aromatic N) is 4. The number of rotatable bonds is 9. The fourth-order valence-corrected chi connectivity index (χ4v) is 6.73. The predicted octanol–water partition coefficient (Wildman–Crippen LogP) is 5.85. The summed E-state index contributed by atoms with van der Waals surface area (Å²) < 4.78 is 19.0. The highest BCUT2D eigenvalue weighted by Crippen LogP contribution is 2.43. The number of hydrogen-bond acceptors (Lipinski definition) is 9. The molecule has 0 spiro atoms. The van der Waals surface area contributed by atoms with E-state index in [0.29, 0.717) is 54.7 Å². The second kappa shape index (κ2) is 13.4. The first-order valence-corrected chi connectivity index (χ1v) is 15.6. The third-order valence-electron chi connectivity index (χ3n) is 7.17. The van der Waals surface area contributed by atoms with Crippen LogP contribution >= 0.6 is 39.3 Å². The van der Waals surface area contributed by atoms with Crippen molar-refractivity contribution >= 4 is 57.1 Å². The van der Waals surface area contributed by atoms with Crippen molar-refractivity contribution < 1.29 is 23.8 Å². The SMILES string of the molecule is COC(=O)C1=C(C)Nc2nc(SCc3ccccc3Cl)nn2C1c1cc(Br)c(OCC(=O)N2CCCCC2)c(OC)c1. The van der Waals surface area contributed by atoms with Gasteiger partial charge >= 0.3 is 5.97 Å². The molecule has 1 fully saturated rings. The summed E-state index contributed by atoms with van der Waals surface area (Å²) in [6.07, 6.45) is 3.14. The number of likely N-dealkylation sites (tertiary alicyclic amines) is 1. The Bertz CT molecular complexity index is 1520. The topological polar surface area (TPSA) is 108 Å². The van der Waals surface area contributed by atoms with Crippen LogP contribution in [0.15, 0.2) is 57.3 Å². The lowest BCUT2D eigenvalue weighted by Gasteiger charge is -2.29. The quantitative estimate of drug-likeness (QED) is 0.221. The van der Waals surface area contributed by atoms with Crippen LogP contribution in [0.4, 0.5) is 5.95 Å². The van der Waals surface area contributed by atoms with Crippen molar-refractivity contribution in [3.63, 3.8) is 0 Å². The number of anilines is 1. The van der Waals surface area contributed by atoms with Crippen LogP contribution in [0, 0.1) is 0 Å². The Labute approximate surface area is 261 Å². The van der Waals surface area contributed by atoms with Gasteiger partial charge in [0.05, 0.1) is 24.3 Å². The monoisotopic (exact) mass is 675 g/mol. The predicted molar refractivity (Wildman–Crippen MR) is 164 cm³/mol. The minimum Gasteiger partial charge on any atom is -0.493 e. The van der Waals surface area contributed by atoms with Crippen molar-refractivity contribution in [1.29, 1.82) is 0 Å². The van der Waals surface area contributed by atoms with Gasteiger partial charge in [0.25, 0.3) is 5.91 Å². The van der Waals surface area contributed by atoms with E-state index in [1.54, 1.807) is 17.7 Å². The molecule has 13 heteroatoms. The number of benzene rings is 2. The Balaban J connectivity index is 1.46. The van der Waals surface area contributed by atoms with Gasteiger partial charge in [0.2, 0.25) is 11.1 Å². The molecule has 2 aliphatic heterocycles. The van der Waals surface area contributed by atoms with E-state index in [1.165, 1.54) is 26.0 Å². The van der Waals surface area contributed by atoms with Crippen LogP contribution in [0.5, 0.6) is 11.5 Å². The highest BCUT2D eigenvalue weighted by Gasteiger charge is 2.36. The molecule has 1 unspecified atom stereocenters. The number of esters is 1. The van der Waals surface area contributed by atoms with E-state index < -0.39 is 12.0 Å². The van der Waals surface area contributed by atoms with Gasteiger partial charge in [0.1, 0.15) is 6.04 Å². The van der Waals surface area contributed by atoms with Crippen LogP contribution in [-0.4, -0.2) is 65.5 Å². The molecular formula is C29H31BrClN5O5S. The lowest BCUT2D eigenvalue weighted by molar-refractivity contribution is -0.136. The zero-order chi connectivity index (χ0) is 29.8. The van der Waals surface area contributed by atoms with E-state index in [4.69, 9.17) is 30.9 Å². The molecule has 2 aromatic carbocycles. The third-order valence-corrected chi connectivity index (χ3v) is 9.01. The molecule has 0 radical (unpaired) electrons. The molecule has 2 aliphatic rings. The van der Waals surface area contributed by atoms with E-state index in [-0.39, 0.29) is 12.5 Å². The van der Waals surface area contributed by atoms with Gasteiger partial charge in [-0.3, -0.25) is 4.79 Å². The Morgan fingerprint density at radius 1 is 1.17 bits per heavy atom. The fourth-order valence-electron chi connectivity index (χ4n) is 5.04. The minimum absolute atomic E-state index is 0.0632. The summed E-state index contributed by atoms with van der Waals surface area (Å²) in [7, 11) is 2.87. The molecule has 222 valence electrons. The highest BCUT2D eigenvalue weighted by molar-refractivity contribution is 9.10. The van der Waals surface area contributed by atoms with Crippen LogP contribution in [0.3, 0.4) is 0 Å². The largest absolute Gasteiger partial charge is 0.493 e. The molecule has 3 aromatic rings. The molecule has 42 heavy (non-hydrogen) atoms. The van der Waals surface area contributed by atoms with Gasteiger partial charge in [-0.2, -0.15) is 4.98 Å². The molecule has 0 aliphatic carbocycles. The lowest BCUT2D eigenvalue weighted by Crippen LogP contribution is -2.38. The number of carbonyl (C=O) groups excluding carboxylic acids is 2. The number of ether oxygens (including phenoxy) is 3. The molecule has 5 rings (SSSR count). The van der Waals surface area contributed by atoms with E-state index in [1.807, 2.05) is 35.2 Å². The second-order valence-electron chi connectivity index (χ2n) is 9.86. The molecule has 10 nitrogen and oxygen atoms in total. The number of thioether (sulfide) groups is 1. The van der Waals surface area contributed by atoms with Crippen LogP contribution in [0.1, 0.15) is 43.4 Å². The molecule has 1 N–H and O–H groups in total. The first kappa shape index (κ1) is 30.2. The number of carbonyl (C=O) groups is 2. The number of allylic oxidation sites excluding steroid dienone is 1. The number of fused-ring (bicyclic) bond motifs is 1. The van der Waals surface area contributed by atoms with Gasteiger partial charge in [-0.05, 0) is 71.4 Å². The van der Waals surface area contributed by atoms with Crippen molar-refractivity contribution in [3.05, 3.63) is 68.3 Å². The average Bonchev–Trinajstić information content (AvgIpc) is 3.41. The summed E-state index contributed by atoms with van der Waals surface area (Å²) in [6, 6.07) is 10.6. The smallest absolute Gasteiger partial charge is 0.338 e. The first-order chi connectivity index (χ1) is 20.3. The van der Waals surface area contributed by atoms with Crippen LogP contribution in [-0.2, 0) is 20.1 Å². The average molecular weight is 677 g/mol. The molecule has 3 heterocycles. The third kappa shape index (κ3) is 6.40. The van der Waals surface area contributed by atoms with Gasteiger partial charge in [-0.1, -0.05) is 41.6 Å². The number of piperidine rings is 1. The maximum Gasteiger partial charge on any atom is 0.338 e. The summed E-state index contributed by atoms with van der Waals surface area (Å²) in [6.45, 7) is 3.18. The van der Waals surface area contributed by atoms with Crippen LogP contribution in [0.2, 0.25) is 5.02 Å². The summed E-state index contributed by atoms with van der Waals surface area (Å²) in [5, 5.41) is 9.14. The van der Waals surface area contributed by atoms with Crippen LogP contribution < -0.4 is 14.8 Å². The van der Waals surface area contributed by atoms with Crippen molar-refractivity contribution in [2.45, 2.75) is 43.1 Å². The number of hydrogen-bond donors (Lipinski definition) is 1. The van der Waals surface area contributed by atoms with Crippen molar-refractivity contribution in [2.24, 2.45) is 0 Å². The van der Waals surface area contributed by atoms with Crippen molar-refractivity contribution in [1.82, 2.24) is 19.7 Å². The maximum atomic E-state index is 13.0. The van der Waals surface area contributed by atoms with E-state index in [9.17, 15) is 9.59 Å². The Kier molecular flexibility index (Phi) is 9.64. The number of amides is 1. The van der Waals surface area contributed by atoms with E-state index in [2.05, 4.69) is 26.2 Å². The van der Waals surface area contributed by atoms with Gasteiger partial charge in [-0.15, -0.1) is 5.10 Å². The molecule has 1 atom stereocenters. The fraction of sp³-hybridized carbons (Fsp3) is 0.379. The van der Waals surface area contributed by atoms with Crippen LogP contribution in [0.25, 0.3) is 0 Å². The number of aromatic nitrogens is 3. The summed E-state index contributed by atoms with van der Waals surface area (Å²) in [5.74, 6) is 1.29. The number of nitrogens with one attached hydrogen (secondary N) is 1. The molecule has 1 saturated heterocycles. The summed E-state index contributed by atoms with van der Waals surface area (Å²) in [5.41, 5.74) is 2.62. The Morgan fingerprint density at radius 2 is 1.93 bits per heavy atom. The molecule has 0 saturated carbocycles. The maximum absolute atomic E-state index is 13.0. The number of halogens is 2. The molecule has 1 aromatic heterocycles. The molecule has 0 bridgehead atoms. The molecule has 1 amide bonds. The Hall–Kier alpha value is -3.22. The normalized spacial score (nSPS) is 16.5. The Morgan fingerprint density at radius 3 is 2.64 bits per heavy atom. The van der Waals surface area contributed by atoms with Crippen molar-refractivity contribution in [2.75, 3.05) is 39.2 Å².